The molecule has 1 aliphatic heterocycles. The van der Waals surface area contributed by atoms with Gasteiger partial charge in [-0.3, -0.25) is 9.78 Å². The van der Waals surface area contributed by atoms with Crippen LogP contribution in [0.15, 0.2) is 73.1 Å². The molecule has 30 heavy (non-hydrogen) atoms. The van der Waals surface area contributed by atoms with Crippen molar-refractivity contribution in [2.75, 3.05) is 6.61 Å². The number of Topliss-reactive ketones (excluding diaryl/α,β-unsaturated/α-hetero) is 1. The van der Waals surface area contributed by atoms with Crippen LogP contribution < -0.4 is 9.47 Å². The Bertz CT molecular complexity index is 1220. The van der Waals surface area contributed by atoms with Gasteiger partial charge in [-0.15, -0.1) is 0 Å². The third-order valence-corrected chi connectivity index (χ3v) is 5.20. The number of para-hydroxylation sites is 1. The molecule has 0 aliphatic carbocycles. The molecular formula is C25H20N2O3. The van der Waals surface area contributed by atoms with Crippen molar-refractivity contribution in [1.29, 1.82) is 0 Å². The number of carbonyl (C=O) groups is 1. The quantitative estimate of drug-likeness (QED) is 0.487. The van der Waals surface area contributed by atoms with Crippen molar-refractivity contribution in [1.82, 2.24) is 9.97 Å². The normalized spacial score (nSPS) is 13.0. The molecule has 0 saturated carbocycles. The molecule has 1 aliphatic rings. The SMILES string of the molecule is O=C1CCOc2cc(Cc3cccnc3)c(OCc3ccc4ccccc4n3)cc21. The number of ketones is 1. The summed E-state index contributed by atoms with van der Waals surface area (Å²) in [6.07, 6.45) is 4.61. The fraction of sp³-hybridized carbons (Fsp3) is 0.160. The van der Waals surface area contributed by atoms with Crippen LogP contribution >= 0.6 is 0 Å². The third kappa shape index (κ3) is 3.74. The van der Waals surface area contributed by atoms with E-state index in [-0.39, 0.29) is 5.78 Å². The van der Waals surface area contributed by atoms with Gasteiger partial charge >= 0.3 is 0 Å². The molecule has 0 atom stereocenters. The molecule has 0 amide bonds. The van der Waals surface area contributed by atoms with E-state index in [0.29, 0.717) is 43.1 Å². The summed E-state index contributed by atoms with van der Waals surface area (Å²) >= 11 is 0. The molecule has 0 bridgehead atoms. The second-order valence-corrected chi connectivity index (χ2v) is 7.30. The Morgan fingerprint density at radius 2 is 1.97 bits per heavy atom. The zero-order valence-electron chi connectivity index (χ0n) is 16.4. The van der Waals surface area contributed by atoms with E-state index in [1.807, 2.05) is 66.9 Å². The fourth-order valence-electron chi connectivity index (χ4n) is 3.66. The van der Waals surface area contributed by atoms with Gasteiger partial charge in [-0.05, 0) is 35.9 Å². The minimum Gasteiger partial charge on any atom is -0.492 e. The summed E-state index contributed by atoms with van der Waals surface area (Å²) in [6, 6.07) is 19.7. The van der Waals surface area contributed by atoms with E-state index < -0.39 is 0 Å². The molecule has 3 heterocycles. The second-order valence-electron chi connectivity index (χ2n) is 7.30. The van der Waals surface area contributed by atoms with Crippen LogP contribution in [0.2, 0.25) is 0 Å². The predicted octanol–water partition coefficient (Wildman–Crippen LogP) is 4.76. The molecule has 0 saturated heterocycles. The van der Waals surface area contributed by atoms with Crippen LogP contribution in [-0.4, -0.2) is 22.4 Å². The van der Waals surface area contributed by atoms with E-state index in [2.05, 4.69) is 9.97 Å². The average Bonchev–Trinajstić information content (AvgIpc) is 2.79. The molecule has 5 heteroatoms. The van der Waals surface area contributed by atoms with Crippen molar-refractivity contribution in [2.24, 2.45) is 0 Å². The lowest BCUT2D eigenvalue weighted by Crippen LogP contribution is -2.16. The largest absolute Gasteiger partial charge is 0.492 e. The summed E-state index contributed by atoms with van der Waals surface area (Å²) in [5, 5.41) is 1.09. The molecule has 4 aromatic rings. The van der Waals surface area contributed by atoms with Gasteiger partial charge in [0.05, 0.1) is 23.4 Å². The summed E-state index contributed by atoms with van der Waals surface area (Å²) in [5.41, 5.74) is 4.37. The van der Waals surface area contributed by atoms with Gasteiger partial charge in [0.25, 0.3) is 0 Å². The molecular weight excluding hydrogens is 376 g/mol. The Balaban J connectivity index is 1.46. The van der Waals surface area contributed by atoms with Gasteiger partial charge in [0.1, 0.15) is 18.1 Å². The van der Waals surface area contributed by atoms with Gasteiger partial charge < -0.3 is 9.47 Å². The van der Waals surface area contributed by atoms with Gasteiger partial charge in [0.2, 0.25) is 0 Å². The van der Waals surface area contributed by atoms with Crippen LogP contribution in [0.5, 0.6) is 11.5 Å². The Labute approximate surface area is 174 Å². The first-order chi connectivity index (χ1) is 14.8. The molecule has 5 rings (SSSR count). The van der Waals surface area contributed by atoms with Crippen molar-refractivity contribution in [3.63, 3.8) is 0 Å². The van der Waals surface area contributed by atoms with Gasteiger partial charge in [-0.2, -0.15) is 0 Å². The third-order valence-electron chi connectivity index (χ3n) is 5.20. The smallest absolute Gasteiger partial charge is 0.170 e. The molecule has 0 N–H and O–H groups in total. The number of carbonyl (C=O) groups excluding carboxylic acids is 1. The molecule has 0 unspecified atom stereocenters. The minimum absolute atomic E-state index is 0.0813. The summed E-state index contributed by atoms with van der Waals surface area (Å²) in [6.45, 7) is 0.734. The van der Waals surface area contributed by atoms with Crippen LogP contribution in [0.4, 0.5) is 0 Å². The topological polar surface area (TPSA) is 61.3 Å². The van der Waals surface area contributed by atoms with Gasteiger partial charge in [-0.25, -0.2) is 4.98 Å². The Kier molecular flexibility index (Phi) is 4.85. The summed E-state index contributed by atoms with van der Waals surface area (Å²) in [5.74, 6) is 1.38. The maximum absolute atomic E-state index is 12.4. The van der Waals surface area contributed by atoms with E-state index >= 15 is 0 Å². The number of benzene rings is 2. The van der Waals surface area contributed by atoms with Crippen molar-refractivity contribution in [3.8, 4) is 11.5 Å². The number of ether oxygens (including phenoxy) is 2. The van der Waals surface area contributed by atoms with E-state index in [9.17, 15) is 4.79 Å². The molecule has 148 valence electrons. The Morgan fingerprint density at radius 1 is 1.03 bits per heavy atom. The summed E-state index contributed by atoms with van der Waals surface area (Å²) in [4.78, 5) is 21.2. The van der Waals surface area contributed by atoms with Crippen LogP contribution in [0, 0.1) is 0 Å². The molecule has 2 aromatic heterocycles. The maximum atomic E-state index is 12.4. The fourth-order valence-corrected chi connectivity index (χ4v) is 3.66. The number of rotatable bonds is 5. The second kappa shape index (κ2) is 7.95. The molecule has 5 nitrogen and oxygen atoms in total. The minimum atomic E-state index is 0.0813. The summed E-state index contributed by atoms with van der Waals surface area (Å²) in [7, 11) is 0. The van der Waals surface area contributed by atoms with Crippen molar-refractivity contribution in [3.05, 3.63) is 95.4 Å². The zero-order valence-corrected chi connectivity index (χ0v) is 16.4. The number of nitrogens with zero attached hydrogens (tertiary/aromatic N) is 2. The summed E-state index contributed by atoms with van der Waals surface area (Å²) < 4.78 is 11.9. The van der Waals surface area contributed by atoms with Crippen molar-refractivity contribution < 1.29 is 14.3 Å². The lowest BCUT2D eigenvalue weighted by Gasteiger charge is -2.20. The monoisotopic (exact) mass is 396 g/mol. The van der Waals surface area contributed by atoms with Gasteiger partial charge in [0, 0.05) is 36.2 Å². The predicted molar refractivity (Wildman–Crippen MR) is 114 cm³/mol. The molecule has 2 aromatic carbocycles. The van der Waals surface area contributed by atoms with E-state index in [1.165, 1.54) is 0 Å². The lowest BCUT2D eigenvalue weighted by molar-refractivity contribution is 0.0932. The van der Waals surface area contributed by atoms with Crippen molar-refractivity contribution in [2.45, 2.75) is 19.4 Å². The number of hydrogen-bond donors (Lipinski definition) is 0. The molecule has 0 fully saturated rings. The van der Waals surface area contributed by atoms with Crippen LogP contribution in [0.1, 0.15) is 33.6 Å². The first-order valence-electron chi connectivity index (χ1n) is 9.95. The van der Waals surface area contributed by atoms with Crippen LogP contribution in [0.3, 0.4) is 0 Å². The highest BCUT2D eigenvalue weighted by Crippen LogP contribution is 2.34. The van der Waals surface area contributed by atoms with E-state index in [0.717, 1.165) is 27.7 Å². The lowest BCUT2D eigenvalue weighted by atomic mass is 9.98. The first kappa shape index (κ1) is 18.3. The maximum Gasteiger partial charge on any atom is 0.170 e. The number of hydrogen-bond acceptors (Lipinski definition) is 5. The van der Waals surface area contributed by atoms with Crippen LogP contribution in [-0.2, 0) is 13.0 Å². The highest BCUT2D eigenvalue weighted by Gasteiger charge is 2.22. The first-order valence-corrected chi connectivity index (χ1v) is 9.95. The number of aromatic nitrogens is 2. The standard InChI is InChI=1S/C25H20N2O3/c28-23-9-11-29-25-13-19(12-17-4-3-10-26-15-17)24(14-21(23)25)30-16-20-8-7-18-5-1-2-6-22(18)27-20/h1-8,10,13-15H,9,11-12,16H2. The van der Waals surface area contributed by atoms with Crippen molar-refractivity contribution >= 4 is 16.7 Å². The highest BCUT2D eigenvalue weighted by molar-refractivity contribution is 6.00. The van der Waals surface area contributed by atoms with E-state index in [1.54, 1.807) is 6.20 Å². The average molecular weight is 396 g/mol. The number of pyridine rings is 2. The highest BCUT2D eigenvalue weighted by atomic mass is 16.5. The van der Waals surface area contributed by atoms with Gasteiger partial charge in [-0.1, -0.05) is 30.3 Å². The zero-order chi connectivity index (χ0) is 20.3. The Morgan fingerprint density at radius 3 is 2.87 bits per heavy atom. The van der Waals surface area contributed by atoms with Gasteiger partial charge in [0.15, 0.2) is 5.78 Å². The van der Waals surface area contributed by atoms with E-state index in [4.69, 9.17) is 9.47 Å². The molecule has 0 spiro atoms. The molecule has 0 radical (unpaired) electrons. The Hall–Kier alpha value is -3.73. The number of fused-ring (bicyclic) bond motifs is 2. The van der Waals surface area contributed by atoms with Crippen LogP contribution in [0.25, 0.3) is 10.9 Å².